The first-order chi connectivity index (χ1) is 32.8. The van der Waals surface area contributed by atoms with Gasteiger partial charge in [-0.25, -0.2) is 24.7 Å². The molecule has 0 aliphatic carbocycles. The first-order valence-electron chi connectivity index (χ1n) is 22.9. The van der Waals surface area contributed by atoms with Crippen LogP contribution < -0.4 is 19.1 Å². The number of hydrogen-bond donors (Lipinski definition) is 1. The molecule has 0 saturated carbocycles. The van der Waals surface area contributed by atoms with Gasteiger partial charge in [0, 0.05) is 25.6 Å². The van der Waals surface area contributed by atoms with Gasteiger partial charge in [-0.1, -0.05) is 118 Å². The molecule has 1 amide bonds. The van der Waals surface area contributed by atoms with Crippen LogP contribution in [-0.4, -0.2) is 83.1 Å². The van der Waals surface area contributed by atoms with Crippen molar-refractivity contribution in [2.24, 2.45) is 4.99 Å². The molecule has 0 spiro atoms. The van der Waals surface area contributed by atoms with Crippen molar-refractivity contribution in [3.8, 4) is 17.2 Å². The van der Waals surface area contributed by atoms with Crippen molar-refractivity contribution in [2.45, 2.75) is 70.0 Å². The summed E-state index contributed by atoms with van der Waals surface area (Å²) in [5.41, 5.74) is 3.46. The fourth-order valence-electron chi connectivity index (χ4n) is 8.38. The number of unbranched alkanes of at least 4 members (excludes halogenated alkanes) is 2. The zero-order chi connectivity index (χ0) is 46.6. The van der Waals surface area contributed by atoms with Crippen LogP contribution in [0.2, 0.25) is 0 Å². The van der Waals surface area contributed by atoms with Crippen LogP contribution in [0.5, 0.6) is 17.2 Å². The maximum Gasteiger partial charge on any atom is 0.424 e. The number of methoxy groups -OCH3 is 2. The van der Waals surface area contributed by atoms with Crippen molar-refractivity contribution in [3.05, 3.63) is 169 Å². The number of rotatable bonds is 20. The van der Waals surface area contributed by atoms with Crippen LogP contribution in [0.1, 0.15) is 68.9 Å². The van der Waals surface area contributed by atoms with E-state index in [0.29, 0.717) is 39.9 Å². The third kappa shape index (κ3) is 10.5. The molecule has 3 heterocycles. The Morgan fingerprint density at radius 3 is 1.87 bits per heavy atom. The lowest BCUT2D eigenvalue weighted by Crippen LogP contribution is -2.38. The zero-order valence-electron chi connectivity index (χ0n) is 38.5. The van der Waals surface area contributed by atoms with Gasteiger partial charge in [-0.05, 0) is 78.1 Å². The second-order valence-electron chi connectivity index (χ2n) is 16.4. The quantitative estimate of drug-likeness (QED) is 0.0448. The van der Waals surface area contributed by atoms with E-state index in [1.807, 2.05) is 146 Å². The topological polar surface area (TPSA) is 133 Å². The highest BCUT2D eigenvalue weighted by molar-refractivity contribution is 5.98. The molecule has 1 aliphatic rings. The number of para-hydroxylation sites is 2. The average Bonchev–Trinajstić information content (AvgIpc) is 3.98. The summed E-state index contributed by atoms with van der Waals surface area (Å²) in [5, 5.41) is 11.8. The number of benzene rings is 5. The van der Waals surface area contributed by atoms with E-state index in [2.05, 4.69) is 18.7 Å². The summed E-state index contributed by atoms with van der Waals surface area (Å²) in [6, 6.07) is 45.9. The highest BCUT2D eigenvalue weighted by atomic mass is 16.6. The van der Waals surface area contributed by atoms with Crippen molar-refractivity contribution < 1.29 is 33.6 Å². The number of nitrogens with zero attached hydrogens (tertiary/aromatic N) is 6. The van der Waals surface area contributed by atoms with E-state index >= 15 is 0 Å². The minimum Gasteiger partial charge on any atom is -0.497 e. The van der Waals surface area contributed by atoms with Gasteiger partial charge < -0.3 is 33.7 Å². The second-order valence-corrected chi connectivity index (χ2v) is 16.4. The lowest BCUT2D eigenvalue weighted by atomic mass is 9.80. The van der Waals surface area contributed by atoms with E-state index in [4.69, 9.17) is 38.6 Å². The monoisotopic (exact) mass is 902 g/mol. The Balaban J connectivity index is 1.14. The summed E-state index contributed by atoms with van der Waals surface area (Å²) in [6.07, 6.45) is 4.77. The molecule has 5 aromatic carbocycles. The molecule has 67 heavy (non-hydrogen) atoms. The summed E-state index contributed by atoms with van der Waals surface area (Å²) >= 11 is 0. The van der Waals surface area contributed by atoms with E-state index in [-0.39, 0.29) is 18.8 Å². The fourth-order valence-corrected chi connectivity index (χ4v) is 8.38. The molecule has 0 unspecified atom stereocenters. The van der Waals surface area contributed by atoms with Gasteiger partial charge in [-0.3, -0.25) is 4.57 Å². The summed E-state index contributed by atoms with van der Waals surface area (Å²) < 4.78 is 33.0. The number of ether oxygens (including phenoxy) is 5. The van der Waals surface area contributed by atoms with E-state index in [1.165, 1.54) is 4.90 Å². The van der Waals surface area contributed by atoms with Crippen molar-refractivity contribution in [1.82, 2.24) is 19.4 Å². The van der Waals surface area contributed by atoms with Crippen LogP contribution in [0.3, 0.4) is 0 Å². The van der Waals surface area contributed by atoms with Crippen molar-refractivity contribution in [3.63, 3.8) is 0 Å². The Kier molecular flexibility index (Phi) is 15.2. The molecule has 1 fully saturated rings. The van der Waals surface area contributed by atoms with Gasteiger partial charge in [-0.15, -0.1) is 0 Å². The predicted molar refractivity (Wildman–Crippen MR) is 261 cm³/mol. The number of aliphatic imine (C=N–C) groups is 1. The Bertz CT molecular complexity index is 2590. The molecule has 3 atom stereocenters. The molecule has 346 valence electrons. The molecule has 13 heteroatoms. The minimum absolute atomic E-state index is 0.0171. The third-order valence-corrected chi connectivity index (χ3v) is 12.0. The van der Waals surface area contributed by atoms with Crippen molar-refractivity contribution >= 4 is 40.8 Å². The summed E-state index contributed by atoms with van der Waals surface area (Å²) in [7, 11) is 3.27. The molecule has 8 rings (SSSR count). The van der Waals surface area contributed by atoms with Gasteiger partial charge in [0.2, 0.25) is 0 Å². The lowest BCUT2D eigenvalue weighted by Gasteiger charge is -2.37. The Morgan fingerprint density at radius 2 is 1.33 bits per heavy atom. The second kappa shape index (κ2) is 22.0. The largest absolute Gasteiger partial charge is 0.497 e. The Hall–Kier alpha value is -7.06. The van der Waals surface area contributed by atoms with Crippen LogP contribution in [0, 0.1) is 0 Å². The molecule has 0 bridgehead atoms. The Labute approximate surface area is 392 Å². The fraction of sp³-hybridized carbons (Fsp3) is 0.296. The van der Waals surface area contributed by atoms with Crippen molar-refractivity contribution in [2.75, 3.05) is 38.8 Å². The van der Waals surface area contributed by atoms with E-state index < -0.39 is 30.1 Å². The van der Waals surface area contributed by atoms with E-state index in [0.717, 1.165) is 55.5 Å². The maximum absolute atomic E-state index is 14.4. The van der Waals surface area contributed by atoms with E-state index in [9.17, 15) is 9.90 Å². The molecule has 1 N–H and O–H groups in total. The number of carbonyl (C=O) groups excluding carboxylic acids is 1. The predicted octanol–water partition coefficient (Wildman–Crippen LogP) is 11.0. The van der Waals surface area contributed by atoms with Crippen LogP contribution in [0.4, 0.5) is 22.0 Å². The number of anilines is 2. The normalized spacial score (nSPS) is 16.0. The molecular weight excluding hydrogens is 845 g/mol. The highest BCUT2D eigenvalue weighted by Crippen LogP contribution is 2.43. The van der Waals surface area contributed by atoms with Gasteiger partial charge in [0.25, 0.3) is 0 Å². The van der Waals surface area contributed by atoms with Gasteiger partial charge in [0.05, 0.1) is 51.0 Å². The number of imidazole rings is 1. The smallest absolute Gasteiger partial charge is 0.424 e. The van der Waals surface area contributed by atoms with Gasteiger partial charge >= 0.3 is 6.09 Å². The molecule has 1 saturated heterocycles. The zero-order valence-corrected chi connectivity index (χ0v) is 38.5. The molecule has 7 aromatic rings. The highest BCUT2D eigenvalue weighted by Gasteiger charge is 2.42. The first kappa shape index (κ1) is 46.5. The molecule has 1 aliphatic heterocycles. The number of fused-ring (bicyclic) bond motifs is 1. The lowest BCUT2D eigenvalue weighted by molar-refractivity contribution is -0.0931. The number of pyridine rings is 1. The maximum atomic E-state index is 14.4. The summed E-state index contributed by atoms with van der Waals surface area (Å²) in [4.78, 5) is 32.7. The molecular formula is C54H58N6O7. The van der Waals surface area contributed by atoms with E-state index in [1.54, 1.807) is 31.2 Å². The van der Waals surface area contributed by atoms with Gasteiger partial charge in [0.15, 0.2) is 22.7 Å². The standard InChI is InChI=1S/C54H58N6O7/c1-5-7-32-58(33-8-6-2)37-55-49-35-47(67-53(62)60(42-20-14-10-15-21-42)43-22-16-11-17-23-43)51-52(57-49)59(38-56-51)50-34-46(61)48(66-50)36-65-54(39-18-12-9-13-19-39,40-24-28-44(63-3)29-25-40)41-26-30-45(64-4)31-27-41/h9-31,35,37-38,46,48,50,61H,5-8,32-34,36H2,1-4H3/t46-,48+,50+/m0/s1. The first-order valence-corrected chi connectivity index (χ1v) is 22.9. The molecule has 13 nitrogen and oxygen atoms in total. The summed E-state index contributed by atoms with van der Waals surface area (Å²) in [6.45, 7) is 6.06. The molecule has 0 radical (unpaired) electrons. The average molecular weight is 903 g/mol. The number of aromatic nitrogens is 3. The number of hydrogen-bond acceptors (Lipinski definition) is 10. The SMILES string of the molecule is CCCCN(C=Nc1cc(OC(=O)N(c2ccccc2)c2ccccc2)c2ncn([C@H]3C[C@H](O)[C@@H](COC(c4ccccc4)(c4ccc(OC)cc4)c4ccc(OC)cc4)O3)c2n1)CCCC. The number of aliphatic hydroxyl groups excluding tert-OH is 1. The van der Waals surface area contributed by atoms with Crippen LogP contribution >= 0.6 is 0 Å². The number of carbonyl (C=O) groups is 1. The Morgan fingerprint density at radius 1 is 0.791 bits per heavy atom. The third-order valence-electron chi connectivity index (χ3n) is 12.0. The summed E-state index contributed by atoms with van der Waals surface area (Å²) in [5.74, 6) is 1.92. The minimum atomic E-state index is -1.12. The van der Waals surface area contributed by atoms with Gasteiger partial charge in [-0.2, -0.15) is 0 Å². The van der Waals surface area contributed by atoms with Gasteiger partial charge in [0.1, 0.15) is 29.4 Å². The van der Waals surface area contributed by atoms with Crippen LogP contribution in [0.25, 0.3) is 11.2 Å². The van der Waals surface area contributed by atoms with Crippen molar-refractivity contribution in [1.29, 1.82) is 0 Å². The number of aliphatic hydroxyl groups is 1. The number of amides is 1. The van der Waals surface area contributed by atoms with Crippen LogP contribution in [-0.2, 0) is 15.1 Å². The van der Waals surface area contributed by atoms with Crippen LogP contribution in [0.15, 0.2) is 157 Å². The molecule has 2 aromatic heterocycles.